The summed E-state index contributed by atoms with van der Waals surface area (Å²) >= 11 is 0. The van der Waals surface area contributed by atoms with Crippen LogP contribution in [0.25, 0.3) is 0 Å². The highest BCUT2D eigenvalue weighted by atomic mass is 16.3. The van der Waals surface area contributed by atoms with E-state index in [0.717, 1.165) is 31.5 Å². The predicted molar refractivity (Wildman–Crippen MR) is 92.2 cm³/mol. The molecule has 24 heavy (non-hydrogen) atoms. The van der Waals surface area contributed by atoms with Crippen molar-refractivity contribution in [2.45, 2.75) is 39.2 Å². The van der Waals surface area contributed by atoms with Crippen LogP contribution >= 0.6 is 0 Å². The molecular formula is C18H27N3O3. The van der Waals surface area contributed by atoms with E-state index >= 15 is 0 Å². The molecular weight excluding hydrogens is 306 g/mol. The Morgan fingerprint density at radius 1 is 1.38 bits per heavy atom. The molecule has 1 aromatic rings. The summed E-state index contributed by atoms with van der Waals surface area (Å²) in [7, 11) is 0. The van der Waals surface area contributed by atoms with Gasteiger partial charge >= 0.3 is 0 Å². The number of aromatic hydroxyl groups is 1. The van der Waals surface area contributed by atoms with E-state index in [2.05, 4.69) is 23.7 Å². The molecule has 1 atom stereocenters. The van der Waals surface area contributed by atoms with Crippen LogP contribution in [-0.2, 0) is 0 Å². The monoisotopic (exact) mass is 333 g/mol. The van der Waals surface area contributed by atoms with Gasteiger partial charge in [0.25, 0.3) is 11.5 Å². The minimum absolute atomic E-state index is 0.174. The first kappa shape index (κ1) is 17.0. The van der Waals surface area contributed by atoms with Gasteiger partial charge in [-0.25, -0.2) is 0 Å². The molecule has 6 heteroatoms. The molecule has 0 spiro atoms. The van der Waals surface area contributed by atoms with Gasteiger partial charge in [-0.3, -0.25) is 14.5 Å². The van der Waals surface area contributed by atoms with Gasteiger partial charge < -0.3 is 15.0 Å². The lowest BCUT2D eigenvalue weighted by Gasteiger charge is -2.34. The number of nitrogens with zero attached hydrogens (tertiary/aromatic N) is 2. The van der Waals surface area contributed by atoms with E-state index in [4.69, 9.17) is 0 Å². The van der Waals surface area contributed by atoms with Gasteiger partial charge in [-0.15, -0.1) is 0 Å². The molecule has 1 aliphatic carbocycles. The number of H-pyrrole nitrogens is 1. The molecule has 1 saturated heterocycles. The highest BCUT2D eigenvalue weighted by Crippen LogP contribution is 2.32. The number of aromatic nitrogens is 1. The van der Waals surface area contributed by atoms with Crippen molar-refractivity contribution in [2.24, 2.45) is 11.8 Å². The van der Waals surface area contributed by atoms with E-state index in [0.29, 0.717) is 25.0 Å². The molecule has 1 aliphatic heterocycles. The second-order valence-corrected chi connectivity index (χ2v) is 7.45. The molecule has 1 amide bonds. The molecule has 2 heterocycles. The number of amides is 1. The highest BCUT2D eigenvalue weighted by Gasteiger charge is 2.33. The maximum atomic E-state index is 12.8. The molecule has 0 bridgehead atoms. The van der Waals surface area contributed by atoms with Crippen LogP contribution in [0.1, 0.15) is 43.5 Å². The summed E-state index contributed by atoms with van der Waals surface area (Å²) in [5, 5.41) is 9.94. The fraction of sp³-hybridized carbons (Fsp3) is 0.667. The van der Waals surface area contributed by atoms with Crippen LogP contribution in [0.15, 0.2) is 17.1 Å². The zero-order valence-electron chi connectivity index (χ0n) is 14.5. The van der Waals surface area contributed by atoms with Gasteiger partial charge in [0, 0.05) is 44.5 Å². The molecule has 2 N–H and O–H groups in total. The van der Waals surface area contributed by atoms with Crippen LogP contribution in [0.3, 0.4) is 0 Å². The normalized spacial score (nSPS) is 22.6. The summed E-state index contributed by atoms with van der Waals surface area (Å²) in [4.78, 5) is 30.9. The van der Waals surface area contributed by atoms with Crippen LogP contribution in [0.5, 0.6) is 5.75 Å². The van der Waals surface area contributed by atoms with Crippen molar-refractivity contribution in [3.63, 3.8) is 0 Å². The van der Waals surface area contributed by atoms with E-state index in [1.54, 1.807) is 0 Å². The molecule has 2 fully saturated rings. The molecule has 0 unspecified atom stereocenters. The van der Waals surface area contributed by atoms with Crippen molar-refractivity contribution in [1.82, 2.24) is 14.8 Å². The highest BCUT2D eigenvalue weighted by molar-refractivity contribution is 5.96. The van der Waals surface area contributed by atoms with Gasteiger partial charge in [0.2, 0.25) is 0 Å². The van der Waals surface area contributed by atoms with Crippen LogP contribution in [0.2, 0.25) is 0 Å². The minimum atomic E-state index is -0.407. The Bertz CT molecular complexity index is 651. The molecule has 0 aromatic carbocycles. The second-order valence-electron chi connectivity index (χ2n) is 7.45. The van der Waals surface area contributed by atoms with E-state index in [1.165, 1.54) is 19.0 Å². The zero-order chi connectivity index (χ0) is 17.3. The maximum Gasteiger partial charge on any atom is 0.259 e. The van der Waals surface area contributed by atoms with Crippen LogP contribution in [0.4, 0.5) is 0 Å². The standard InChI is InChI=1S/C18H27N3O3/c1-12(2)15-11-21(7-3-6-20(15)10-13-4-5-13)18(24)14-9-19-17(23)8-16(14)22/h8-9,12-13,15H,3-7,10-11H2,1-2H3,(H2,19,22,23)/t15-/m1/s1. The predicted octanol–water partition coefficient (Wildman–Crippen LogP) is 1.66. The minimum Gasteiger partial charge on any atom is -0.507 e. The topological polar surface area (TPSA) is 76.6 Å². The molecule has 1 saturated carbocycles. The van der Waals surface area contributed by atoms with E-state index in [1.807, 2.05) is 4.90 Å². The summed E-state index contributed by atoms with van der Waals surface area (Å²) in [5.74, 6) is 0.838. The average Bonchev–Trinajstić information content (AvgIpc) is 3.34. The number of nitrogens with one attached hydrogen (secondary N) is 1. The number of pyridine rings is 1. The Morgan fingerprint density at radius 3 is 2.75 bits per heavy atom. The third-order valence-electron chi connectivity index (χ3n) is 5.13. The number of carbonyl (C=O) groups excluding carboxylic acids is 1. The fourth-order valence-corrected chi connectivity index (χ4v) is 3.54. The molecule has 6 nitrogen and oxygen atoms in total. The molecule has 132 valence electrons. The SMILES string of the molecule is CC(C)[C@H]1CN(C(=O)c2c[nH]c(=O)cc2O)CCCN1CC1CC1. The summed E-state index contributed by atoms with van der Waals surface area (Å²) in [6, 6.07) is 1.40. The molecule has 0 radical (unpaired) electrons. The third-order valence-corrected chi connectivity index (χ3v) is 5.13. The molecule has 2 aliphatic rings. The summed E-state index contributed by atoms with van der Waals surface area (Å²) < 4.78 is 0. The van der Waals surface area contributed by atoms with Gasteiger partial charge in [-0.1, -0.05) is 13.8 Å². The van der Waals surface area contributed by atoms with E-state index in [-0.39, 0.29) is 17.2 Å². The van der Waals surface area contributed by atoms with Crippen molar-refractivity contribution in [1.29, 1.82) is 0 Å². The Balaban J connectivity index is 1.77. The summed E-state index contributed by atoms with van der Waals surface area (Å²) in [6.45, 7) is 7.91. The summed E-state index contributed by atoms with van der Waals surface area (Å²) in [5.41, 5.74) is -0.233. The van der Waals surface area contributed by atoms with Gasteiger partial charge in [0.05, 0.1) is 5.56 Å². The quantitative estimate of drug-likeness (QED) is 0.879. The average molecular weight is 333 g/mol. The Hall–Kier alpha value is -1.82. The van der Waals surface area contributed by atoms with Crippen LogP contribution in [0, 0.1) is 11.8 Å². The lowest BCUT2D eigenvalue weighted by molar-refractivity contribution is 0.0701. The second kappa shape index (κ2) is 6.97. The first-order valence-corrected chi connectivity index (χ1v) is 8.90. The number of aromatic amines is 1. The molecule has 3 rings (SSSR count). The van der Waals surface area contributed by atoms with Gasteiger partial charge in [0.1, 0.15) is 5.75 Å². The number of rotatable bonds is 4. The Labute approximate surface area is 142 Å². The first-order valence-electron chi connectivity index (χ1n) is 8.90. The van der Waals surface area contributed by atoms with Gasteiger partial charge in [-0.2, -0.15) is 0 Å². The number of carbonyl (C=O) groups is 1. The van der Waals surface area contributed by atoms with E-state index in [9.17, 15) is 14.7 Å². The Morgan fingerprint density at radius 2 is 2.12 bits per heavy atom. The van der Waals surface area contributed by atoms with E-state index < -0.39 is 5.56 Å². The molecule has 1 aromatic heterocycles. The summed E-state index contributed by atoms with van der Waals surface area (Å²) in [6.07, 6.45) is 4.91. The van der Waals surface area contributed by atoms with Gasteiger partial charge in [0.15, 0.2) is 0 Å². The van der Waals surface area contributed by atoms with Crippen molar-refractivity contribution in [3.8, 4) is 5.75 Å². The van der Waals surface area contributed by atoms with Crippen LogP contribution in [-0.4, -0.2) is 58.0 Å². The number of hydrogen-bond donors (Lipinski definition) is 2. The smallest absolute Gasteiger partial charge is 0.259 e. The largest absolute Gasteiger partial charge is 0.507 e. The maximum absolute atomic E-state index is 12.8. The van der Waals surface area contributed by atoms with Crippen molar-refractivity contribution in [3.05, 3.63) is 28.2 Å². The van der Waals surface area contributed by atoms with Crippen molar-refractivity contribution in [2.75, 3.05) is 26.2 Å². The lowest BCUT2D eigenvalue weighted by atomic mass is 10.0. The van der Waals surface area contributed by atoms with Crippen molar-refractivity contribution >= 4 is 5.91 Å². The first-order chi connectivity index (χ1) is 11.5. The third kappa shape index (κ3) is 3.80. The van der Waals surface area contributed by atoms with Crippen molar-refractivity contribution < 1.29 is 9.90 Å². The lowest BCUT2D eigenvalue weighted by Crippen LogP contribution is -2.46. The zero-order valence-corrected chi connectivity index (χ0v) is 14.5. The van der Waals surface area contributed by atoms with Gasteiger partial charge in [-0.05, 0) is 31.1 Å². The Kier molecular flexibility index (Phi) is 4.94. The van der Waals surface area contributed by atoms with Crippen LogP contribution < -0.4 is 5.56 Å². The fourth-order valence-electron chi connectivity index (χ4n) is 3.54. The number of hydrogen-bond acceptors (Lipinski definition) is 4.